The van der Waals surface area contributed by atoms with Gasteiger partial charge in [-0.25, -0.2) is 4.39 Å². The van der Waals surface area contributed by atoms with Crippen LogP contribution in [0.25, 0.3) is 32.9 Å². The van der Waals surface area contributed by atoms with E-state index in [-0.39, 0.29) is 41.2 Å². The summed E-state index contributed by atoms with van der Waals surface area (Å²) in [6.45, 7) is 11.7. The lowest BCUT2D eigenvalue weighted by atomic mass is 9.60. The Hall–Kier alpha value is -6.30. The molecule has 2 saturated carbocycles. The Balaban J connectivity index is 0.674. The van der Waals surface area contributed by atoms with Gasteiger partial charge in [-0.15, -0.1) is 0 Å². The number of phenols is 1. The van der Waals surface area contributed by atoms with Crippen molar-refractivity contribution in [3.8, 4) is 23.0 Å². The number of pyridine rings is 1. The molecule has 7 aliphatic rings. The number of rotatable bonds is 11. The van der Waals surface area contributed by atoms with Crippen molar-refractivity contribution >= 4 is 56.8 Å². The summed E-state index contributed by atoms with van der Waals surface area (Å²) in [6, 6.07) is 14.2. The third-order valence-corrected chi connectivity index (χ3v) is 17.2. The van der Waals surface area contributed by atoms with Crippen molar-refractivity contribution < 1.29 is 38.5 Å². The first-order chi connectivity index (χ1) is 34.7. The summed E-state index contributed by atoms with van der Waals surface area (Å²) < 4.78 is 23.7. The summed E-state index contributed by atoms with van der Waals surface area (Å²) in [7, 11) is 0. The molecule has 6 fully saturated rings. The average molecular weight is 980 g/mol. The Bertz CT molecular complexity index is 3050. The molecule has 5 aromatic rings. The molecule has 2 atom stereocenters. The Labute approximate surface area is 417 Å². The van der Waals surface area contributed by atoms with Crippen LogP contribution in [-0.2, 0) is 16.0 Å². The van der Waals surface area contributed by atoms with E-state index in [4.69, 9.17) is 14.7 Å². The van der Waals surface area contributed by atoms with Crippen LogP contribution in [0.5, 0.6) is 11.8 Å². The molecule has 72 heavy (non-hydrogen) atoms. The van der Waals surface area contributed by atoms with Crippen LogP contribution in [-0.4, -0.2) is 147 Å². The lowest BCUT2D eigenvalue weighted by molar-refractivity contribution is -0.136. The molecule has 1 spiro atoms. The van der Waals surface area contributed by atoms with E-state index >= 15 is 4.39 Å². The highest BCUT2D eigenvalue weighted by atomic mass is 19.1. The van der Waals surface area contributed by atoms with Crippen molar-refractivity contribution in [3.63, 3.8) is 0 Å². The van der Waals surface area contributed by atoms with Crippen LogP contribution in [0.2, 0.25) is 0 Å². The van der Waals surface area contributed by atoms with Crippen LogP contribution in [0.1, 0.15) is 104 Å². The number of imide groups is 2. The minimum atomic E-state index is -0.980. The summed E-state index contributed by atoms with van der Waals surface area (Å²) in [5, 5.41) is 26.2. The molecule has 376 valence electrons. The molecule has 1 unspecified atom stereocenters. The van der Waals surface area contributed by atoms with Gasteiger partial charge in [0.05, 0.1) is 28.7 Å². The van der Waals surface area contributed by atoms with Gasteiger partial charge in [0, 0.05) is 81.1 Å². The van der Waals surface area contributed by atoms with Gasteiger partial charge >= 0.3 is 6.01 Å². The van der Waals surface area contributed by atoms with Crippen molar-refractivity contribution in [2.24, 2.45) is 10.8 Å². The minimum Gasteiger partial charge on any atom is -0.508 e. The van der Waals surface area contributed by atoms with Crippen molar-refractivity contribution in [3.05, 3.63) is 77.2 Å². The number of hydrogen-bond donors (Lipinski definition) is 3. The maximum Gasteiger partial charge on any atom is 0.319 e. The molecule has 2 aromatic heterocycles. The number of anilines is 2. The standard InChI is InChI=1S/C55H62FN9O7/c1-3-33-6-4-7-34-24-37(66)26-40(44(33)34)46-45(56)47-41(29-57-46)48(64-17-5-12-53(2,71)30-64)60-52(59-47)72-32-55(13-14-55)31-61-18-15-54(16-19-61)27-36(28-54)63-22-20-62(21-23-63)35-8-9-38-39(25-35)51(70)65(50(38)69)42-10-11-43(67)58-49(42)68/h4,6-9,24-26,29,36,42,66,71H,3,5,10-23,27-28,30-32H2,1-2H3,(H,58,67,68)/t42?,53-/m1/s1. The Kier molecular flexibility index (Phi) is 11.5. The van der Waals surface area contributed by atoms with E-state index in [9.17, 15) is 29.4 Å². The van der Waals surface area contributed by atoms with E-state index in [1.165, 1.54) is 25.7 Å². The molecule has 4 amide bonds. The number of fused-ring (bicyclic) bond motifs is 3. The van der Waals surface area contributed by atoms with Gasteiger partial charge in [-0.2, -0.15) is 9.97 Å². The van der Waals surface area contributed by atoms with Gasteiger partial charge in [0.2, 0.25) is 11.8 Å². The SMILES string of the molecule is CCc1cccc2cc(O)cc(-c3ncc4c(N5CCC[C@@](C)(O)C5)nc(OCC5(CN6CCC7(CC6)CC(N6CCN(c8ccc9c(c8)C(=O)N(C8CCC(=O)NC8=O)C9=O)CC6)C7)CC5)nc4c3F)c12. The fraction of sp³-hybridized carbons (Fsp3) is 0.509. The van der Waals surface area contributed by atoms with Gasteiger partial charge in [0.15, 0.2) is 5.82 Å². The number of carbonyl (C=O) groups excluding carboxylic acids is 4. The molecule has 4 saturated heterocycles. The highest BCUT2D eigenvalue weighted by Gasteiger charge is 2.51. The molecule has 2 aliphatic carbocycles. The van der Waals surface area contributed by atoms with Gasteiger partial charge in [-0.3, -0.25) is 39.3 Å². The average Bonchev–Trinajstić information content (AvgIpc) is 4.08. The molecule has 17 heteroatoms. The molecule has 3 N–H and O–H groups in total. The number of hydrogen-bond acceptors (Lipinski definition) is 14. The summed E-state index contributed by atoms with van der Waals surface area (Å²) in [4.78, 5) is 75.8. The van der Waals surface area contributed by atoms with Gasteiger partial charge in [-0.05, 0) is 136 Å². The first-order valence-corrected chi connectivity index (χ1v) is 26.0. The molecule has 7 heterocycles. The first kappa shape index (κ1) is 46.8. The van der Waals surface area contributed by atoms with Crippen molar-refractivity contribution in [1.82, 2.24) is 35.0 Å². The summed E-state index contributed by atoms with van der Waals surface area (Å²) >= 11 is 0. The zero-order chi connectivity index (χ0) is 49.7. The van der Waals surface area contributed by atoms with E-state index in [1.54, 1.807) is 30.5 Å². The van der Waals surface area contributed by atoms with Crippen LogP contribution in [0.4, 0.5) is 15.9 Å². The number of piperidine rings is 3. The molecular weight excluding hydrogens is 918 g/mol. The molecule has 0 bridgehead atoms. The number of aliphatic hydroxyl groups is 1. The largest absolute Gasteiger partial charge is 0.508 e. The second kappa shape index (κ2) is 17.7. The number of aromatic hydroxyl groups is 1. The van der Waals surface area contributed by atoms with Gasteiger partial charge in [0.25, 0.3) is 11.8 Å². The molecule has 0 radical (unpaired) electrons. The Morgan fingerprint density at radius 2 is 1.64 bits per heavy atom. The maximum absolute atomic E-state index is 17.2. The quantitative estimate of drug-likeness (QED) is 0.127. The smallest absolute Gasteiger partial charge is 0.319 e. The number of phenolic OH excluding ortho intramolecular Hbond substituents is 1. The lowest BCUT2D eigenvalue weighted by Gasteiger charge is -2.56. The Morgan fingerprint density at radius 3 is 2.38 bits per heavy atom. The van der Waals surface area contributed by atoms with E-state index in [1.807, 2.05) is 36.1 Å². The highest BCUT2D eigenvalue weighted by molar-refractivity contribution is 6.23. The number of halogens is 1. The number of carbonyl (C=O) groups is 4. The number of ether oxygens (including phenoxy) is 1. The highest BCUT2D eigenvalue weighted by Crippen LogP contribution is 2.53. The summed E-state index contributed by atoms with van der Waals surface area (Å²) in [5.74, 6) is -2.06. The van der Waals surface area contributed by atoms with E-state index in [0.717, 1.165) is 98.4 Å². The number of amides is 4. The minimum absolute atomic E-state index is 0.0251. The van der Waals surface area contributed by atoms with Crippen LogP contribution < -0.4 is 19.9 Å². The Morgan fingerprint density at radius 1 is 0.861 bits per heavy atom. The molecule has 16 nitrogen and oxygen atoms in total. The normalized spacial score (nSPS) is 24.6. The van der Waals surface area contributed by atoms with Crippen molar-refractivity contribution in [1.29, 1.82) is 0 Å². The number of likely N-dealkylation sites (tertiary alicyclic amines) is 1. The predicted molar refractivity (Wildman–Crippen MR) is 269 cm³/mol. The van der Waals surface area contributed by atoms with E-state index in [2.05, 4.69) is 31.9 Å². The number of nitrogens with one attached hydrogen (secondary N) is 1. The van der Waals surface area contributed by atoms with Crippen LogP contribution in [0, 0.1) is 16.6 Å². The third-order valence-electron chi connectivity index (χ3n) is 17.2. The van der Waals surface area contributed by atoms with Crippen LogP contribution >= 0.6 is 0 Å². The number of aryl methyl sites for hydroxylation is 1. The number of β-amino-alcohol motifs (C(OH)–C–C–N with tert-alkyl or cyclic N) is 1. The van der Waals surface area contributed by atoms with Crippen molar-refractivity contribution in [2.75, 3.05) is 75.3 Å². The van der Waals surface area contributed by atoms with Gasteiger partial charge < -0.3 is 29.6 Å². The number of nitrogens with zero attached hydrogens (tertiary/aromatic N) is 8. The fourth-order valence-electron chi connectivity index (χ4n) is 12.9. The number of piperazine rings is 1. The first-order valence-electron chi connectivity index (χ1n) is 26.0. The molecule has 5 aliphatic heterocycles. The zero-order valence-corrected chi connectivity index (χ0v) is 41.1. The number of benzene rings is 3. The van der Waals surface area contributed by atoms with E-state index < -0.39 is 41.1 Å². The second-order valence-corrected chi connectivity index (χ2v) is 22.2. The second-order valence-electron chi connectivity index (χ2n) is 22.2. The van der Waals surface area contributed by atoms with Gasteiger partial charge in [-0.1, -0.05) is 25.1 Å². The molecule has 12 rings (SSSR count). The molecular formula is C55H62FN9O7. The van der Waals surface area contributed by atoms with Crippen LogP contribution in [0.15, 0.2) is 54.7 Å². The molecule has 3 aromatic carbocycles. The summed E-state index contributed by atoms with van der Waals surface area (Å²) in [5.41, 5.74) is 2.61. The zero-order valence-electron chi connectivity index (χ0n) is 41.1. The maximum atomic E-state index is 17.2. The van der Waals surface area contributed by atoms with E-state index in [0.29, 0.717) is 65.5 Å². The predicted octanol–water partition coefficient (Wildman–Crippen LogP) is 6.23. The fourth-order valence-corrected chi connectivity index (χ4v) is 12.9. The monoisotopic (exact) mass is 979 g/mol. The summed E-state index contributed by atoms with van der Waals surface area (Å²) in [6.07, 6.45) is 10.8. The third kappa shape index (κ3) is 8.40. The number of aromatic nitrogens is 3. The van der Waals surface area contributed by atoms with Gasteiger partial charge in [0.1, 0.15) is 28.8 Å². The topological polar surface area (TPSA) is 185 Å². The van der Waals surface area contributed by atoms with Crippen LogP contribution in [0.3, 0.4) is 0 Å². The lowest BCUT2D eigenvalue weighted by Crippen LogP contribution is -2.59. The van der Waals surface area contributed by atoms with Crippen molar-refractivity contribution in [2.45, 2.75) is 102 Å².